The lowest BCUT2D eigenvalue weighted by Gasteiger charge is -2.37. The monoisotopic (exact) mass is 265 g/mol. The van der Waals surface area contributed by atoms with Gasteiger partial charge in [0.25, 0.3) is 0 Å². The smallest absolute Gasteiger partial charge is 0.0853 e. The molecule has 0 spiro atoms. The van der Waals surface area contributed by atoms with Crippen molar-refractivity contribution in [1.29, 1.82) is 0 Å². The molecule has 0 bridgehead atoms. The molecule has 0 heterocycles. The highest BCUT2D eigenvalue weighted by molar-refractivity contribution is 5.19. The molecular formula is C16H27NO2. The van der Waals surface area contributed by atoms with Crippen molar-refractivity contribution in [2.75, 3.05) is 27.3 Å². The van der Waals surface area contributed by atoms with E-state index in [2.05, 4.69) is 32.7 Å². The molecule has 2 atom stereocenters. The fourth-order valence-corrected chi connectivity index (χ4v) is 2.34. The Hall–Kier alpha value is -0.900. The first-order valence-corrected chi connectivity index (χ1v) is 6.80. The zero-order chi connectivity index (χ0) is 14.5. The third kappa shape index (κ3) is 4.60. The molecule has 1 N–H and O–H groups in total. The van der Waals surface area contributed by atoms with Crippen LogP contribution in [0.4, 0.5) is 0 Å². The molecule has 2 unspecified atom stereocenters. The molecule has 0 aliphatic carbocycles. The number of benzene rings is 1. The summed E-state index contributed by atoms with van der Waals surface area (Å²) in [7, 11) is 3.79. The van der Waals surface area contributed by atoms with E-state index in [1.807, 2.05) is 30.3 Å². The van der Waals surface area contributed by atoms with Crippen molar-refractivity contribution in [2.45, 2.75) is 32.9 Å². The summed E-state index contributed by atoms with van der Waals surface area (Å²) in [6, 6.07) is 10.2. The quantitative estimate of drug-likeness (QED) is 0.823. The Kier molecular flexibility index (Phi) is 5.98. The molecule has 3 nitrogen and oxygen atoms in total. The van der Waals surface area contributed by atoms with Crippen LogP contribution in [0, 0.1) is 5.41 Å². The van der Waals surface area contributed by atoms with Crippen LogP contribution in [-0.2, 0) is 4.74 Å². The fraction of sp³-hybridized carbons (Fsp3) is 0.625. The van der Waals surface area contributed by atoms with Gasteiger partial charge in [-0.15, -0.1) is 0 Å². The summed E-state index contributed by atoms with van der Waals surface area (Å²) in [6.07, 6.45) is -0.467. The minimum absolute atomic E-state index is 0.210. The van der Waals surface area contributed by atoms with E-state index in [4.69, 9.17) is 4.74 Å². The van der Waals surface area contributed by atoms with Crippen LogP contribution in [0.3, 0.4) is 0 Å². The number of aliphatic hydroxyl groups excluding tert-OH is 1. The molecule has 0 aliphatic heterocycles. The highest BCUT2D eigenvalue weighted by atomic mass is 16.5. The van der Waals surface area contributed by atoms with Gasteiger partial charge in [0.15, 0.2) is 0 Å². The molecule has 0 fully saturated rings. The predicted molar refractivity (Wildman–Crippen MR) is 79.2 cm³/mol. The standard InChI is InChI=1S/C16H27NO2/c1-13(11-19-5)17(4)12-16(2,3)15(18)14-9-7-6-8-10-14/h6-10,13,15,18H,11-12H2,1-5H3. The fourth-order valence-electron chi connectivity index (χ4n) is 2.34. The molecule has 108 valence electrons. The van der Waals surface area contributed by atoms with Crippen molar-refractivity contribution in [2.24, 2.45) is 5.41 Å². The van der Waals surface area contributed by atoms with Crippen LogP contribution in [0.2, 0.25) is 0 Å². The van der Waals surface area contributed by atoms with Gasteiger partial charge in [-0.1, -0.05) is 44.2 Å². The number of hydrogen-bond acceptors (Lipinski definition) is 3. The molecule has 19 heavy (non-hydrogen) atoms. The topological polar surface area (TPSA) is 32.7 Å². The number of hydrogen-bond donors (Lipinski definition) is 1. The van der Waals surface area contributed by atoms with Crippen LogP contribution < -0.4 is 0 Å². The molecule has 0 saturated heterocycles. The average molecular weight is 265 g/mol. The Balaban J connectivity index is 2.69. The van der Waals surface area contributed by atoms with Crippen LogP contribution in [0.1, 0.15) is 32.4 Å². The van der Waals surface area contributed by atoms with Gasteiger partial charge in [0, 0.05) is 25.1 Å². The van der Waals surface area contributed by atoms with E-state index in [-0.39, 0.29) is 5.41 Å². The Morgan fingerprint density at radius 2 is 1.84 bits per heavy atom. The summed E-state index contributed by atoms with van der Waals surface area (Å²) in [5, 5.41) is 10.6. The third-order valence-electron chi connectivity index (χ3n) is 3.67. The Morgan fingerprint density at radius 1 is 1.26 bits per heavy atom. The molecule has 0 saturated carbocycles. The first-order valence-electron chi connectivity index (χ1n) is 6.80. The summed E-state index contributed by atoms with van der Waals surface area (Å²) in [6.45, 7) is 7.84. The minimum atomic E-state index is -0.467. The van der Waals surface area contributed by atoms with Crippen molar-refractivity contribution in [1.82, 2.24) is 4.90 Å². The molecule has 1 aromatic carbocycles. The van der Waals surface area contributed by atoms with Gasteiger partial charge in [-0.05, 0) is 19.5 Å². The van der Waals surface area contributed by atoms with Crippen molar-refractivity contribution >= 4 is 0 Å². The molecule has 3 heteroatoms. The van der Waals surface area contributed by atoms with Gasteiger partial charge >= 0.3 is 0 Å². The minimum Gasteiger partial charge on any atom is -0.388 e. The maximum Gasteiger partial charge on any atom is 0.0853 e. The zero-order valence-electron chi connectivity index (χ0n) is 12.8. The Morgan fingerprint density at radius 3 is 2.37 bits per heavy atom. The highest BCUT2D eigenvalue weighted by Gasteiger charge is 2.31. The van der Waals surface area contributed by atoms with Crippen molar-refractivity contribution in [3.05, 3.63) is 35.9 Å². The van der Waals surface area contributed by atoms with Gasteiger partial charge in [0.1, 0.15) is 0 Å². The number of aliphatic hydroxyl groups is 1. The summed E-state index contributed by atoms with van der Waals surface area (Å²) in [4.78, 5) is 2.23. The van der Waals surface area contributed by atoms with E-state index >= 15 is 0 Å². The highest BCUT2D eigenvalue weighted by Crippen LogP contribution is 2.34. The van der Waals surface area contributed by atoms with E-state index in [9.17, 15) is 5.11 Å². The second-order valence-corrected chi connectivity index (χ2v) is 6.02. The maximum absolute atomic E-state index is 10.6. The van der Waals surface area contributed by atoms with E-state index in [1.165, 1.54) is 0 Å². The summed E-state index contributed by atoms with van der Waals surface area (Å²) in [5.41, 5.74) is 0.762. The second kappa shape index (κ2) is 7.04. The Bertz CT molecular complexity index is 364. The van der Waals surface area contributed by atoms with Crippen LogP contribution in [-0.4, -0.2) is 43.4 Å². The lowest BCUT2D eigenvalue weighted by molar-refractivity contribution is 0.00864. The number of likely N-dealkylation sites (N-methyl/N-ethyl adjacent to an activating group) is 1. The number of nitrogens with zero attached hydrogens (tertiary/aromatic N) is 1. The van der Waals surface area contributed by atoms with Gasteiger partial charge in [-0.2, -0.15) is 0 Å². The molecule has 0 aromatic heterocycles. The Labute approximate surface area is 117 Å². The summed E-state index contributed by atoms with van der Waals surface area (Å²) >= 11 is 0. The van der Waals surface area contributed by atoms with Gasteiger partial charge < -0.3 is 14.7 Å². The largest absolute Gasteiger partial charge is 0.388 e. The van der Waals surface area contributed by atoms with Crippen LogP contribution in [0.15, 0.2) is 30.3 Å². The van der Waals surface area contributed by atoms with Gasteiger partial charge in [-0.3, -0.25) is 0 Å². The molecule has 1 rings (SSSR count). The SMILES string of the molecule is COCC(C)N(C)CC(C)(C)C(O)c1ccccc1. The molecule has 1 aromatic rings. The summed E-state index contributed by atoms with van der Waals surface area (Å²) in [5.74, 6) is 0. The number of ether oxygens (including phenoxy) is 1. The average Bonchev–Trinajstić information content (AvgIpc) is 2.38. The molecule has 0 radical (unpaired) electrons. The van der Waals surface area contributed by atoms with E-state index < -0.39 is 6.10 Å². The first kappa shape index (κ1) is 16.2. The van der Waals surface area contributed by atoms with Crippen LogP contribution in [0.5, 0.6) is 0 Å². The van der Waals surface area contributed by atoms with E-state index in [0.717, 1.165) is 12.1 Å². The maximum atomic E-state index is 10.6. The molecule has 0 amide bonds. The normalized spacial score (nSPS) is 15.5. The van der Waals surface area contributed by atoms with Crippen molar-refractivity contribution < 1.29 is 9.84 Å². The van der Waals surface area contributed by atoms with Crippen LogP contribution >= 0.6 is 0 Å². The lowest BCUT2D eigenvalue weighted by atomic mass is 9.82. The van der Waals surface area contributed by atoms with Crippen LogP contribution in [0.25, 0.3) is 0 Å². The van der Waals surface area contributed by atoms with Gasteiger partial charge in [0.05, 0.1) is 12.7 Å². The number of rotatable bonds is 7. The molecule has 0 aliphatic rings. The third-order valence-corrected chi connectivity index (χ3v) is 3.67. The molecular weight excluding hydrogens is 238 g/mol. The second-order valence-electron chi connectivity index (χ2n) is 6.02. The first-order chi connectivity index (χ1) is 8.88. The number of methoxy groups -OCH3 is 1. The van der Waals surface area contributed by atoms with E-state index in [1.54, 1.807) is 7.11 Å². The van der Waals surface area contributed by atoms with Gasteiger partial charge in [-0.25, -0.2) is 0 Å². The zero-order valence-corrected chi connectivity index (χ0v) is 12.8. The van der Waals surface area contributed by atoms with E-state index in [0.29, 0.717) is 12.6 Å². The van der Waals surface area contributed by atoms with Crippen molar-refractivity contribution in [3.8, 4) is 0 Å². The lowest BCUT2D eigenvalue weighted by Crippen LogP contribution is -2.41. The summed E-state index contributed by atoms with van der Waals surface area (Å²) < 4.78 is 5.18. The van der Waals surface area contributed by atoms with Crippen molar-refractivity contribution in [3.63, 3.8) is 0 Å². The predicted octanol–water partition coefficient (Wildman–Crippen LogP) is 2.71. The van der Waals surface area contributed by atoms with Gasteiger partial charge in [0.2, 0.25) is 0 Å².